The highest BCUT2D eigenvalue weighted by Gasteiger charge is 2.41. The molecule has 10 nitrogen and oxygen atoms in total. The Morgan fingerprint density at radius 1 is 1.11 bits per heavy atom. The summed E-state index contributed by atoms with van der Waals surface area (Å²) in [4.78, 5) is 40.3. The lowest BCUT2D eigenvalue weighted by atomic mass is 9.89. The lowest BCUT2D eigenvalue weighted by molar-refractivity contribution is -0.141. The minimum atomic E-state index is -0.659. The van der Waals surface area contributed by atoms with Crippen LogP contribution < -0.4 is 28.7 Å². The van der Waals surface area contributed by atoms with Crippen molar-refractivity contribution in [1.82, 2.24) is 4.57 Å². The van der Waals surface area contributed by atoms with E-state index in [1.807, 2.05) is 0 Å². The van der Waals surface area contributed by atoms with Gasteiger partial charge in [-0.3, -0.25) is 23.9 Å². The smallest absolute Gasteiger partial charge is 0.325 e. The highest BCUT2D eigenvalue weighted by molar-refractivity contribution is 7.10. The molecule has 1 atom stereocenters. The highest BCUT2D eigenvalue weighted by Crippen LogP contribution is 2.55. The Hall–Kier alpha value is -4.06. The molecule has 0 saturated heterocycles. The molecule has 1 amide bonds. The van der Waals surface area contributed by atoms with Gasteiger partial charge >= 0.3 is 10.8 Å². The van der Waals surface area contributed by atoms with E-state index in [4.69, 9.17) is 23.7 Å². The molecule has 3 heterocycles. The maximum absolute atomic E-state index is 13.6. The van der Waals surface area contributed by atoms with Crippen molar-refractivity contribution >= 4 is 34.7 Å². The number of halogens is 1. The van der Waals surface area contributed by atoms with Crippen LogP contribution in [0.1, 0.15) is 22.8 Å². The molecule has 2 aliphatic heterocycles. The number of nitrogens with zero attached hydrogens (tertiary/aromatic N) is 2. The van der Waals surface area contributed by atoms with Crippen LogP contribution in [0.25, 0.3) is 0 Å². The Morgan fingerprint density at radius 2 is 1.83 bits per heavy atom. The average Bonchev–Trinajstić information content (AvgIpc) is 3.49. The van der Waals surface area contributed by atoms with Crippen LogP contribution in [0.5, 0.6) is 23.0 Å². The van der Waals surface area contributed by atoms with E-state index in [0.717, 1.165) is 11.3 Å². The van der Waals surface area contributed by atoms with Crippen molar-refractivity contribution in [3.8, 4) is 23.0 Å². The molecule has 36 heavy (non-hydrogen) atoms. The third-order valence-electron chi connectivity index (χ3n) is 6.04. The van der Waals surface area contributed by atoms with Crippen molar-refractivity contribution in [2.45, 2.75) is 18.9 Å². The first-order chi connectivity index (χ1) is 17.4. The van der Waals surface area contributed by atoms with E-state index < -0.39 is 29.1 Å². The summed E-state index contributed by atoms with van der Waals surface area (Å²) in [5.74, 6) is -0.468. The normalized spacial score (nSPS) is 16.1. The maximum Gasteiger partial charge on any atom is 0.325 e. The van der Waals surface area contributed by atoms with Crippen LogP contribution in [0.3, 0.4) is 0 Å². The van der Waals surface area contributed by atoms with E-state index in [-0.39, 0.29) is 24.9 Å². The number of methoxy groups -OCH3 is 3. The van der Waals surface area contributed by atoms with E-state index in [9.17, 15) is 18.8 Å². The molecule has 0 N–H and O–H groups in total. The molecule has 0 saturated carbocycles. The quantitative estimate of drug-likeness (QED) is 0.460. The number of esters is 1. The molecule has 0 spiro atoms. The Morgan fingerprint density at radius 3 is 2.50 bits per heavy atom. The Bertz CT molecular complexity index is 1410. The summed E-state index contributed by atoms with van der Waals surface area (Å²) in [6.07, 6.45) is -0.0400. The van der Waals surface area contributed by atoms with E-state index in [1.54, 1.807) is 6.07 Å². The first-order valence-corrected chi connectivity index (χ1v) is 11.6. The van der Waals surface area contributed by atoms with Gasteiger partial charge in [0.15, 0.2) is 11.5 Å². The van der Waals surface area contributed by atoms with Gasteiger partial charge in [-0.2, -0.15) is 0 Å². The third kappa shape index (κ3) is 3.73. The molecule has 0 aliphatic carbocycles. The Labute approximate surface area is 208 Å². The Balaban J connectivity index is 1.74. The minimum absolute atomic E-state index is 0.0263. The second-order valence-corrected chi connectivity index (χ2v) is 8.94. The van der Waals surface area contributed by atoms with Crippen molar-refractivity contribution in [3.05, 3.63) is 56.3 Å². The van der Waals surface area contributed by atoms with Crippen molar-refractivity contribution in [2.75, 3.05) is 33.0 Å². The number of carbonyl (C=O) groups excluding carboxylic acids is 2. The molecule has 188 valence electrons. The fourth-order valence-electron chi connectivity index (χ4n) is 4.44. The SMILES string of the molecule is COC(=O)Cn1c2c(sc1=O)[C@@H](c1cc(OC)c3c(c1OC)OCO3)CC(=O)N2c1ccc(F)cc1. The maximum atomic E-state index is 13.6. The lowest BCUT2D eigenvalue weighted by Crippen LogP contribution is -2.36. The molecular weight excluding hydrogens is 495 g/mol. The number of thiazole rings is 1. The summed E-state index contributed by atoms with van der Waals surface area (Å²) < 4.78 is 41.9. The topological polar surface area (TPSA) is 106 Å². The number of anilines is 2. The second kappa shape index (κ2) is 9.19. The number of amides is 1. The molecule has 3 aromatic rings. The molecule has 5 rings (SSSR count). The summed E-state index contributed by atoms with van der Waals surface area (Å²) in [5.41, 5.74) is 0.908. The molecule has 2 aliphatic rings. The van der Waals surface area contributed by atoms with Gasteiger partial charge in [-0.15, -0.1) is 0 Å². The number of rotatable bonds is 6. The van der Waals surface area contributed by atoms with Gasteiger partial charge in [-0.1, -0.05) is 11.3 Å². The van der Waals surface area contributed by atoms with Crippen molar-refractivity contribution in [3.63, 3.8) is 0 Å². The van der Waals surface area contributed by atoms with Crippen LogP contribution in [0.15, 0.2) is 35.1 Å². The number of aromatic nitrogens is 1. The van der Waals surface area contributed by atoms with E-state index in [1.165, 1.54) is 55.1 Å². The Kier molecular flexibility index (Phi) is 6.04. The summed E-state index contributed by atoms with van der Waals surface area (Å²) >= 11 is 0.905. The zero-order valence-electron chi connectivity index (χ0n) is 19.5. The molecule has 0 bridgehead atoms. The fourth-order valence-corrected chi connectivity index (χ4v) is 5.54. The van der Waals surface area contributed by atoms with Gasteiger partial charge in [-0.05, 0) is 30.3 Å². The van der Waals surface area contributed by atoms with Gasteiger partial charge in [0.25, 0.3) is 0 Å². The van der Waals surface area contributed by atoms with E-state index >= 15 is 0 Å². The van der Waals surface area contributed by atoms with Crippen LogP contribution >= 0.6 is 11.3 Å². The van der Waals surface area contributed by atoms with E-state index in [0.29, 0.717) is 39.1 Å². The zero-order chi connectivity index (χ0) is 25.6. The fraction of sp³-hybridized carbons (Fsp3) is 0.292. The molecule has 0 radical (unpaired) electrons. The molecule has 1 aromatic heterocycles. The van der Waals surface area contributed by atoms with Gasteiger partial charge < -0.3 is 23.7 Å². The first-order valence-electron chi connectivity index (χ1n) is 10.8. The number of benzene rings is 2. The highest BCUT2D eigenvalue weighted by atomic mass is 32.1. The van der Waals surface area contributed by atoms with Crippen LogP contribution in [0.4, 0.5) is 15.9 Å². The standard InChI is InChI=1S/C24H21FN2O8S/c1-31-16-8-14(19(33-3)21-20(16)34-11-35-21)15-9-17(28)27(13-6-4-12(25)5-7-13)23-22(15)36-24(30)26(23)10-18(29)32-2/h4-8,15H,9-11H2,1-3H3/t15-/m1/s1. The number of fused-ring (bicyclic) bond motifs is 2. The number of ether oxygens (including phenoxy) is 5. The van der Waals surface area contributed by atoms with Gasteiger partial charge in [-0.25, -0.2) is 4.39 Å². The molecule has 0 unspecified atom stereocenters. The summed E-state index contributed by atoms with van der Waals surface area (Å²) in [6.45, 7) is -0.429. The monoisotopic (exact) mass is 516 g/mol. The molecule has 2 aromatic carbocycles. The first kappa shape index (κ1) is 23.7. The van der Waals surface area contributed by atoms with Gasteiger partial charge in [0.1, 0.15) is 18.2 Å². The van der Waals surface area contributed by atoms with Crippen molar-refractivity contribution < 1.29 is 37.7 Å². The molecule has 0 fully saturated rings. The molecular formula is C24H21FN2O8S. The average molecular weight is 517 g/mol. The van der Waals surface area contributed by atoms with Gasteiger partial charge in [0.05, 0.1) is 31.9 Å². The summed E-state index contributed by atoms with van der Waals surface area (Å²) in [5, 5.41) is 0. The van der Waals surface area contributed by atoms with Crippen LogP contribution in [-0.4, -0.2) is 44.6 Å². The van der Waals surface area contributed by atoms with Crippen molar-refractivity contribution in [2.24, 2.45) is 0 Å². The van der Waals surface area contributed by atoms with Crippen LogP contribution in [-0.2, 0) is 20.9 Å². The predicted molar refractivity (Wildman–Crippen MR) is 126 cm³/mol. The van der Waals surface area contributed by atoms with Crippen LogP contribution in [0, 0.1) is 5.82 Å². The second-order valence-electron chi connectivity index (χ2n) is 7.95. The summed E-state index contributed by atoms with van der Waals surface area (Å²) in [6, 6.07) is 7.00. The van der Waals surface area contributed by atoms with E-state index in [2.05, 4.69) is 0 Å². The number of carbonyl (C=O) groups is 2. The number of hydrogen-bond donors (Lipinski definition) is 0. The van der Waals surface area contributed by atoms with Gasteiger partial charge in [0.2, 0.25) is 24.2 Å². The van der Waals surface area contributed by atoms with Crippen LogP contribution in [0.2, 0.25) is 0 Å². The lowest BCUT2D eigenvalue weighted by Gasteiger charge is -2.33. The predicted octanol–water partition coefficient (Wildman–Crippen LogP) is 3.17. The zero-order valence-corrected chi connectivity index (χ0v) is 20.3. The summed E-state index contributed by atoms with van der Waals surface area (Å²) in [7, 11) is 4.16. The van der Waals surface area contributed by atoms with Crippen molar-refractivity contribution in [1.29, 1.82) is 0 Å². The number of hydrogen-bond acceptors (Lipinski definition) is 9. The third-order valence-corrected chi connectivity index (χ3v) is 7.12. The minimum Gasteiger partial charge on any atom is -0.493 e. The van der Waals surface area contributed by atoms with Gasteiger partial charge in [0, 0.05) is 17.9 Å². The largest absolute Gasteiger partial charge is 0.493 e. The molecule has 12 heteroatoms.